The van der Waals surface area contributed by atoms with Gasteiger partial charge >= 0.3 is 5.69 Å². The third kappa shape index (κ3) is 4.57. The van der Waals surface area contributed by atoms with Crippen LogP contribution < -0.4 is 11.2 Å². The van der Waals surface area contributed by atoms with Crippen LogP contribution in [0.2, 0.25) is 0 Å². The summed E-state index contributed by atoms with van der Waals surface area (Å²) in [4.78, 5) is 31.5. The summed E-state index contributed by atoms with van der Waals surface area (Å²) in [6.45, 7) is 10.4. The van der Waals surface area contributed by atoms with Gasteiger partial charge < -0.3 is 9.47 Å². The van der Waals surface area contributed by atoms with Crippen molar-refractivity contribution in [1.29, 1.82) is 0 Å². The van der Waals surface area contributed by atoms with Crippen LogP contribution in [-0.4, -0.2) is 43.2 Å². The monoisotopic (exact) mass is 385 g/mol. The summed E-state index contributed by atoms with van der Waals surface area (Å²) in [7, 11) is 3.18. The summed E-state index contributed by atoms with van der Waals surface area (Å²) in [5.41, 5.74) is 0.402. The SMILES string of the molecule is CCCN(CCC)CCCCn1c(C)nc2c1c(=O)n(C)c(=O)n2C.Cl. The zero-order valence-electron chi connectivity index (χ0n) is 16.6. The summed E-state index contributed by atoms with van der Waals surface area (Å²) >= 11 is 0. The van der Waals surface area contributed by atoms with Gasteiger partial charge in [-0.2, -0.15) is 0 Å². The van der Waals surface area contributed by atoms with Crippen LogP contribution >= 0.6 is 12.4 Å². The molecule has 0 aromatic carbocycles. The van der Waals surface area contributed by atoms with Gasteiger partial charge in [0.15, 0.2) is 11.2 Å². The summed E-state index contributed by atoms with van der Waals surface area (Å²) in [6, 6.07) is 0. The molecule has 0 spiro atoms. The van der Waals surface area contributed by atoms with E-state index < -0.39 is 0 Å². The quantitative estimate of drug-likeness (QED) is 0.620. The maximum absolute atomic E-state index is 12.5. The predicted molar refractivity (Wildman–Crippen MR) is 108 cm³/mol. The van der Waals surface area contributed by atoms with Gasteiger partial charge in [0, 0.05) is 20.6 Å². The van der Waals surface area contributed by atoms with E-state index in [0.29, 0.717) is 11.2 Å². The van der Waals surface area contributed by atoms with Crippen molar-refractivity contribution in [3.63, 3.8) is 0 Å². The average Bonchev–Trinajstić information content (AvgIpc) is 2.92. The number of hydrogen-bond donors (Lipinski definition) is 0. The fourth-order valence-electron chi connectivity index (χ4n) is 3.40. The van der Waals surface area contributed by atoms with Gasteiger partial charge in [0.25, 0.3) is 5.56 Å². The highest BCUT2D eigenvalue weighted by Gasteiger charge is 2.16. The zero-order chi connectivity index (χ0) is 18.6. The van der Waals surface area contributed by atoms with E-state index >= 15 is 0 Å². The molecule has 2 aromatic rings. The number of rotatable bonds is 9. The minimum atomic E-state index is -0.336. The lowest BCUT2D eigenvalue weighted by atomic mass is 10.2. The molecule has 2 heterocycles. The third-order valence-electron chi connectivity index (χ3n) is 4.72. The van der Waals surface area contributed by atoms with Crippen LogP contribution in [-0.2, 0) is 20.6 Å². The highest BCUT2D eigenvalue weighted by atomic mass is 35.5. The Kier molecular flexibility index (Phi) is 8.56. The van der Waals surface area contributed by atoms with E-state index in [4.69, 9.17) is 0 Å². The summed E-state index contributed by atoms with van der Waals surface area (Å²) < 4.78 is 4.57. The molecule has 0 amide bonds. The number of unbranched alkanes of at least 4 members (excludes halogenated alkanes) is 1. The van der Waals surface area contributed by atoms with E-state index in [1.165, 1.54) is 24.5 Å². The fraction of sp³-hybridized carbons (Fsp3) is 0.722. The van der Waals surface area contributed by atoms with E-state index in [2.05, 4.69) is 23.7 Å². The molecule has 0 aliphatic carbocycles. The maximum Gasteiger partial charge on any atom is 0.332 e. The van der Waals surface area contributed by atoms with Crippen LogP contribution in [0.25, 0.3) is 11.2 Å². The maximum atomic E-state index is 12.5. The van der Waals surface area contributed by atoms with Gasteiger partial charge in [-0.25, -0.2) is 9.78 Å². The van der Waals surface area contributed by atoms with Crippen LogP contribution in [0.4, 0.5) is 0 Å². The Balaban J connectivity index is 0.00000338. The lowest BCUT2D eigenvalue weighted by molar-refractivity contribution is 0.267. The third-order valence-corrected chi connectivity index (χ3v) is 4.72. The Morgan fingerprint density at radius 2 is 1.58 bits per heavy atom. The Hall–Kier alpha value is -1.60. The van der Waals surface area contributed by atoms with E-state index in [-0.39, 0.29) is 23.7 Å². The Morgan fingerprint density at radius 3 is 2.15 bits per heavy atom. The molecule has 0 fully saturated rings. The number of fused-ring (bicyclic) bond motifs is 1. The summed E-state index contributed by atoms with van der Waals surface area (Å²) in [5.74, 6) is 0.785. The molecule has 0 saturated carbocycles. The van der Waals surface area contributed by atoms with E-state index in [1.54, 1.807) is 7.05 Å². The first kappa shape index (κ1) is 22.4. The molecule has 7 nitrogen and oxygen atoms in total. The molecule has 2 rings (SSSR count). The van der Waals surface area contributed by atoms with Crippen molar-refractivity contribution in [3.05, 3.63) is 26.7 Å². The van der Waals surface area contributed by atoms with Crippen LogP contribution in [0.3, 0.4) is 0 Å². The van der Waals surface area contributed by atoms with E-state index in [0.717, 1.165) is 49.4 Å². The Bertz CT molecular complexity index is 831. The van der Waals surface area contributed by atoms with E-state index in [1.807, 2.05) is 11.5 Å². The Morgan fingerprint density at radius 1 is 0.962 bits per heavy atom. The fourth-order valence-corrected chi connectivity index (χ4v) is 3.40. The topological polar surface area (TPSA) is 65.1 Å². The molecular formula is C18H32ClN5O2. The molecule has 8 heteroatoms. The zero-order valence-corrected chi connectivity index (χ0v) is 17.4. The van der Waals surface area contributed by atoms with Crippen LogP contribution in [0, 0.1) is 6.92 Å². The number of imidazole rings is 1. The summed E-state index contributed by atoms with van der Waals surface area (Å²) in [5, 5.41) is 0. The molecule has 0 radical (unpaired) electrons. The molecule has 0 aliphatic heterocycles. The largest absolute Gasteiger partial charge is 0.332 e. The van der Waals surface area contributed by atoms with Crippen LogP contribution in [0.1, 0.15) is 45.4 Å². The average molecular weight is 386 g/mol. The van der Waals surface area contributed by atoms with Crippen molar-refractivity contribution < 1.29 is 0 Å². The van der Waals surface area contributed by atoms with Gasteiger partial charge in [-0.05, 0) is 52.2 Å². The standard InChI is InChI=1S/C18H31N5O2.ClH/c1-6-10-22(11-7-2)12-8-9-13-23-14(3)19-16-15(23)17(24)21(5)18(25)20(16)4;/h6-13H2,1-5H3;1H. The van der Waals surface area contributed by atoms with Crippen molar-refractivity contribution in [2.45, 2.75) is 53.0 Å². The number of aryl methyl sites for hydroxylation is 3. The first-order valence-corrected chi connectivity index (χ1v) is 9.27. The van der Waals surface area contributed by atoms with Gasteiger partial charge in [-0.3, -0.25) is 13.9 Å². The molecule has 0 N–H and O–H groups in total. The van der Waals surface area contributed by atoms with Gasteiger partial charge in [0.2, 0.25) is 0 Å². The van der Waals surface area contributed by atoms with Crippen molar-refractivity contribution >= 4 is 23.6 Å². The second-order valence-electron chi connectivity index (χ2n) is 6.74. The van der Waals surface area contributed by atoms with Gasteiger partial charge in [0.1, 0.15) is 5.82 Å². The minimum Gasteiger partial charge on any atom is -0.322 e. The smallest absolute Gasteiger partial charge is 0.322 e. The van der Waals surface area contributed by atoms with E-state index in [9.17, 15) is 9.59 Å². The summed E-state index contributed by atoms with van der Waals surface area (Å²) in [6.07, 6.45) is 4.43. The second-order valence-corrected chi connectivity index (χ2v) is 6.74. The number of nitrogens with zero attached hydrogens (tertiary/aromatic N) is 5. The highest BCUT2D eigenvalue weighted by Crippen LogP contribution is 2.12. The van der Waals surface area contributed by atoms with Crippen LogP contribution in [0.5, 0.6) is 0 Å². The molecular weight excluding hydrogens is 354 g/mol. The second kappa shape index (κ2) is 9.92. The van der Waals surface area contributed by atoms with Gasteiger partial charge in [-0.1, -0.05) is 13.8 Å². The molecule has 0 unspecified atom stereocenters. The van der Waals surface area contributed by atoms with Crippen molar-refractivity contribution in [1.82, 2.24) is 23.6 Å². The molecule has 0 saturated heterocycles. The van der Waals surface area contributed by atoms with Crippen LogP contribution in [0.15, 0.2) is 9.59 Å². The first-order chi connectivity index (χ1) is 11.9. The number of aromatic nitrogens is 4. The highest BCUT2D eigenvalue weighted by molar-refractivity contribution is 5.85. The predicted octanol–water partition coefficient (Wildman–Crippen LogP) is 2.07. The van der Waals surface area contributed by atoms with Crippen molar-refractivity contribution in [2.24, 2.45) is 14.1 Å². The van der Waals surface area contributed by atoms with Crippen molar-refractivity contribution in [2.75, 3.05) is 19.6 Å². The molecule has 0 bridgehead atoms. The van der Waals surface area contributed by atoms with Gasteiger partial charge in [-0.15, -0.1) is 12.4 Å². The van der Waals surface area contributed by atoms with Gasteiger partial charge in [0.05, 0.1) is 0 Å². The molecule has 148 valence electrons. The lowest BCUT2D eigenvalue weighted by Gasteiger charge is -2.20. The Labute approximate surface area is 161 Å². The molecule has 0 aliphatic rings. The number of hydrogen-bond acceptors (Lipinski definition) is 4. The normalized spacial score (nSPS) is 11.3. The lowest BCUT2D eigenvalue weighted by Crippen LogP contribution is -2.37. The number of halogens is 1. The minimum absolute atomic E-state index is 0. The first-order valence-electron chi connectivity index (χ1n) is 9.27. The molecule has 2 aromatic heterocycles. The molecule has 26 heavy (non-hydrogen) atoms. The van der Waals surface area contributed by atoms with Crippen molar-refractivity contribution in [3.8, 4) is 0 Å². The molecule has 0 atom stereocenters.